The van der Waals surface area contributed by atoms with E-state index in [9.17, 15) is 9.18 Å². The van der Waals surface area contributed by atoms with Gasteiger partial charge in [-0.25, -0.2) is 9.38 Å². The third kappa shape index (κ3) is 6.07. The van der Waals surface area contributed by atoms with Crippen molar-refractivity contribution in [1.29, 1.82) is 5.41 Å². The second-order valence-corrected chi connectivity index (χ2v) is 10.1. The van der Waals surface area contributed by atoms with Gasteiger partial charge in [0.15, 0.2) is 5.84 Å². The lowest BCUT2D eigenvalue weighted by Crippen LogP contribution is -2.54. The molecule has 1 aliphatic heterocycles. The van der Waals surface area contributed by atoms with Crippen molar-refractivity contribution in [2.75, 3.05) is 19.6 Å². The number of piperazine rings is 1. The molecule has 1 heterocycles. The molecule has 0 radical (unpaired) electrons. The summed E-state index contributed by atoms with van der Waals surface area (Å²) in [6.45, 7) is 12.0. The number of hydrogen-bond acceptors (Lipinski definition) is 3. The first-order chi connectivity index (χ1) is 17.8. The Kier molecular flexibility index (Phi) is 8.37. The van der Waals surface area contributed by atoms with Crippen LogP contribution in [0.2, 0.25) is 0 Å². The number of rotatable bonds is 7. The maximum Gasteiger partial charge on any atom is 0.250 e. The van der Waals surface area contributed by atoms with Crippen LogP contribution in [0.4, 0.5) is 4.39 Å². The highest BCUT2D eigenvalue weighted by atomic mass is 19.1. The fraction of sp³-hybridized carbons (Fsp3) is 0.387. The minimum absolute atomic E-state index is 0.0324. The zero-order chi connectivity index (χ0) is 26.5. The topological polar surface area (TPSA) is 59.8 Å². The molecule has 2 unspecified atom stereocenters. The second kappa shape index (κ2) is 11.7. The highest BCUT2D eigenvalue weighted by Gasteiger charge is 2.32. The highest BCUT2D eigenvalue weighted by Crippen LogP contribution is 2.33. The first-order valence-corrected chi connectivity index (χ1v) is 13.2. The lowest BCUT2D eigenvalue weighted by molar-refractivity contribution is -0.131. The average Bonchev–Trinajstić information content (AvgIpc) is 2.91. The summed E-state index contributed by atoms with van der Waals surface area (Å²) >= 11 is 0. The van der Waals surface area contributed by atoms with E-state index in [0.29, 0.717) is 31.8 Å². The van der Waals surface area contributed by atoms with Crippen molar-refractivity contribution < 1.29 is 9.18 Å². The van der Waals surface area contributed by atoms with Gasteiger partial charge in [-0.15, -0.1) is 0 Å². The van der Waals surface area contributed by atoms with Gasteiger partial charge in [-0.1, -0.05) is 49.9 Å². The summed E-state index contributed by atoms with van der Waals surface area (Å²) < 4.78 is 13.9. The van der Waals surface area contributed by atoms with Crippen molar-refractivity contribution >= 4 is 23.5 Å². The minimum Gasteiger partial charge on any atom is -0.365 e. The quantitative estimate of drug-likeness (QED) is 0.380. The Labute approximate surface area is 219 Å². The van der Waals surface area contributed by atoms with Crippen molar-refractivity contribution in [1.82, 2.24) is 9.80 Å². The molecule has 2 aliphatic rings. The van der Waals surface area contributed by atoms with Crippen LogP contribution in [-0.4, -0.2) is 53.4 Å². The van der Waals surface area contributed by atoms with Gasteiger partial charge in [-0.3, -0.25) is 10.2 Å². The van der Waals surface area contributed by atoms with E-state index in [1.807, 2.05) is 49.2 Å². The molecule has 0 bridgehead atoms. The van der Waals surface area contributed by atoms with Crippen LogP contribution >= 0.6 is 0 Å². The summed E-state index contributed by atoms with van der Waals surface area (Å²) in [7, 11) is 0. The number of nitrogens with zero attached hydrogens (tertiary/aromatic N) is 3. The van der Waals surface area contributed by atoms with E-state index in [0.717, 1.165) is 41.5 Å². The molecule has 2 aromatic rings. The zero-order valence-electron chi connectivity index (χ0n) is 22.1. The summed E-state index contributed by atoms with van der Waals surface area (Å²) in [5, 5.41) is 8.50. The molecule has 1 amide bonds. The maximum atomic E-state index is 13.9. The van der Waals surface area contributed by atoms with E-state index in [-0.39, 0.29) is 29.5 Å². The minimum atomic E-state index is -0.275. The van der Waals surface area contributed by atoms with Crippen molar-refractivity contribution in [2.24, 2.45) is 10.9 Å². The smallest absolute Gasteiger partial charge is 0.250 e. The zero-order valence-corrected chi connectivity index (χ0v) is 22.1. The molecule has 1 N–H and O–H groups in total. The molecule has 1 aliphatic carbocycles. The summed E-state index contributed by atoms with van der Waals surface area (Å²) in [6.07, 6.45) is 5.14. The van der Waals surface area contributed by atoms with E-state index in [4.69, 9.17) is 5.41 Å². The second-order valence-electron chi connectivity index (χ2n) is 10.1. The lowest BCUT2D eigenvalue weighted by atomic mass is 9.85. The molecule has 6 heteroatoms. The molecule has 0 spiro atoms. The van der Waals surface area contributed by atoms with Gasteiger partial charge >= 0.3 is 0 Å². The standard InChI is InChI=1S/C31H37FN4O/c1-5-24(17-25-9-7-6-8-10-25)19-34-30(33)23(4)35-15-16-36(21(2)20-35)31(37)28-14-12-26-11-13-27(32)18-29(26)22(28)3/h6-11,13,18-19,21,24,33H,4-5,12,14-17,20H2,1-3H3. The number of aliphatic imine (C=N–C) groups is 1. The molecule has 1 saturated heterocycles. The normalized spacial score (nSPS) is 18.6. The van der Waals surface area contributed by atoms with Crippen LogP contribution in [0.3, 0.4) is 0 Å². The van der Waals surface area contributed by atoms with Gasteiger partial charge in [-0.05, 0) is 79.8 Å². The number of amides is 1. The Morgan fingerprint density at radius 1 is 1.22 bits per heavy atom. The lowest BCUT2D eigenvalue weighted by Gasteiger charge is -2.42. The van der Waals surface area contributed by atoms with Crippen LogP contribution in [-0.2, 0) is 17.6 Å². The number of carbonyl (C=O) groups is 1. The van der Waals surface area contributed by atoms with E-state index >= 15 is 0 Å². The van der Waals surface area contributed by atoms with Crippen LogP contribution in [0.1, 0.15) is 50.3 Å². The Morgan fingerprint density at radius 3 is 2.68 bits per heavy atom. The molecule has 1 fully saturated rings. The van der Waals surface area contributed by atoms with E-state index in [1.54, 1.807) is 0 Å². The van der Waals surface area contributed by atoms with Crippen LogP contribution in [0.5, 0.6) is 0 Å². The Hall–Kier alpha value is -3.54. The number of hydrogen-bond donors (Lipinski definition) is 1. The van der Waals surface area contributed by atoms with Crippen molar-refractivity contribution in [2.45, 2.75) is 52.5 Å². The van der Waals surface area contributed by atoms with Gasteiger partial charge < -0.3 is 9.80 Å². The van der Waals surface area contributed by atoms with E-state index in [1.165, 1.54) is 17.7 Å². The number of amidine groups is 1. The molecule has 2 aromatic carbocycles. The van der Waals surface area contributed by atoms with Gasteiger partial charge in [0.2, 0.25) is 5.91 Å². The Balaban J connectivity index is 1.37. The van der Waals surface area contributed by atoms with Crippen LogP contribution in [0, 0.1) is 17.1 Å². The Bertz CT molecular complexity index is 1230. The van der Waals surface area contributed by atoms with E-state index in [2.05, 4.69) is 35.5 Å². The predicted octanol–water partition coefficient (Wildman–Crippen LogP) is 5.91. The number of halogens is 1. The number of nitrogens with one attached hydrogen (secondary N) is 1. The number of fused-ring (bicyclic) bond motifs is 1. The number of allylic oxidation sites excluding steroid dienone is 1. The van der Waals surface area contributed by atoms with Crippen molar-refractivity contribution in [3.8, 4) is 0 Å². The summed E-state index contributed by atoms with van der Waals surface area (Å²) in [6, 6.07) is 15.1. The average molecular weight is 501 g/mol. The van der Waals surface area contributed by atoms with Crippen molar-refractivity contribution in [3.63, 3.8) is 0 Å². The number of benzene rings is 2. The Morgan fingerprint density at radius 2 is 1.97 bits per heavy atom. The molecule has 0 aromatic heterocycles. The molecule has 194 valence electrons. The maximum absolute atomic E-state index is 13.9. The molecule has 0 saturated carbocycles. The van der Waals surface area contributed by atoms with E-state index < -0.39 is 0 Å². The molecule has 5 nitrogen and oxygen atoms in total. The molecule has 37 heavy (non-hydrogen) atoms. The SMILES string of the molecule is C=C(C(=N)N=CC(CC)Cc1ccccc1)N1CCN(C(=O)C2=C(C)c3cc(F)ccc3CC2)C(C)C1. The largest absolute Gasteiger partial charge is 0.365 e. The highest BCUT2D eigenvalue weighted by molar-refractivity contribution is 6.02. The third-order valence-corrected chi connectivity index (χ3v) is 7.65. The fourth-order valence-electron chi connectivity index (χ4n) is 5.29. The van der Waals surface area contributed by atoms with Gasteiger partial charge in [0.05, 0.1) is 5.70 Å². The molecular formula is C31H37FN4O. The van der Waals surface area contributed by atoms with Gasteiger partial charge in [0.1, 0.15) is 5.82 Å². The molecule has 4 rings (SSSR count). The van der Waals surface area contributed by atoms with Gasteiger partial charge in [0, 0.05) is 37.5 Å². The summed E-state index contributed by atoms with van der Waals surface area (Å²) in [5.41, 5.74) is 5.44. The molecule has 2 atom stereocenters. The number of aryl methyl sites for hydroxylation is 1. The summed E-state index contributed by atoms with van der Waals surface area (Å²) in [4.78, 5) is 21.9. The van der Waals surface area contributed by atoms with Gasteiger partial charge in [0.25, 0.3) is 0 Å². The van der Waals surface area contributed by atoms with Crippen LogP contribution < -0.4 is 0 Å². The van der Waals surface area contributed by atoms with Crippen LogP contribution in [0.15, 0.2) is 71.4 Å². The third-order valence-electron chi connectivity index (χ3n) is 7.65. The first kappa shape index (κ1) is 26.5. The van der Waals surface area contributed by atoms with Crippen LogP contribution in [0.25, 0.3) is 5.57 Å². The first-order valence-electron chi connectivity index (χ1n) is 13.2. The summed E-state index contributed by atoms with van der Waals surface area (Å²) in [5.74, 6) is 0.185. The fourth-order valence-corrected chi connectivity index (χ4v) is 5.29. The monoisotopic (exact) mass is 500 g/mol. The van der Waals surface area contributed by atoms with Crippen molar-refractivity contribution in [3.05, 3.63) is 88.9 Å². The molecular weight excluding hydrogens is 463 g/mol. The predicted molar refractivity (Wildman–Crippen MR) is 149 cm³/mol. The van der Waals surface area contributed by atoms with Gasteiger partial charge in [-0.2, -0.15) is 0 Å². The number of carbonyl (C=O) groups excluding carboxylic acids is 1.